The summed E-state index contributed by atoms with van der Waals surface area (Å²) in [7, 11) is 1.97. The average molecular weight is 138 g/mol. The van der Waals surface area contributed by atoms with Gasteiger partial charge in [0.15, 0.2) is 0 Å². The number of hydrogen-bond donors (Lipinski definition) is 1. The first-order valence-electron chi connectivity index (χ1n) is 3.76. The molecule has 1 atom stereocenters. The molecule has 2 nitrogen and oxygen atoms in total. The molecule has 0 aromatic carbocycles. The van der Waals surface area contributed by atoms with Crippen LogP contribution in [0.25, 0.3) is 0 Å². The van der Waals surface area contributed by atoms with Gasteiger partial charge in [-0.3, -0.25) is 4.99 Å². The molecule has 0 spiro atoms. The van der Waals surface area contributed by atoms with Crippen molar-refractivity contribution in [3.05, 3.63) is 12.2 Å². The number of nitrogens with zero attached hydrogens (tertiary/aromatic N) is 1. The first-order valence-corrected chi connectivity index (χ1v) is 3.76. The van der Waals surface area contributed by atoms with E-state index in [0.29, 0.717) is 6.04 Å². The molecule has 0 saturated heterocycles. The second-order valence-electron chi connectivity index (χ2n) is 2.51. The second-order valence-corrected chi connectivity index (χ2v) is 2.51. The lowest BCUT2D eigenvalue weighted by Crippen LogP contribution is -2.16. The number of dihydropyridines is 1. The molecule has 0 unspecified atom stereocenters. The predicted molar refractivity (Wildman–Crippen MR) is 44.6 cm³/mol. The maximum Gasteiger partial charge on any atom is 0.0546 e. The van der Waals surface area contributed by atoms with E-state index in [4.69, 9.17) is 0 Å². The quantitative estimate of drug-likeness (QED) is 0.618. The summed E-state index contributed by atoms with van der Waals surface area (Å²) in [6.45, 7) is 1.07. The van der Waals surface area contributed by atoms with E-state index >= 15 is 0 Å². The maximum absolute atomic E-state index is 4.32. The molecule has 1 rings (SSSR count). The summed E-state index contributed by atoms with van der Waals surface area (Å²) in [5.74, 6) is 0. The molecule has 1 aliphatic rings. The molecule has 56 valence electrons. The van der Waals surface area contributed by atoms with E-state index in [1.54, 1.807) is 0 Å². The van der Waals surface area contributed by atoms with Crippen molar-refractivity contribution in [2.75, 3.05) is 13.6 Å². The zero-order valence-corrected chi connectivity index (χ0v) is 6.38. The normalized spacial score (nSPS) is 23.5. The minimum absolute atomic E-state index is 0.525. The van der Waals surface area contributed by atoms with Gasteiger partial charge in [0.2, 0.25) is 0 Å². The predicted octanol–water partition coefficient (Wildman–Crippen LogP) is 0.995. The van der Waals surface area contributed by atoms with Crippen LogP contribution in [0.15, 0.2) is 17.1 Å². The Morgan fingerprint density at radius 2 is 2.60 bits per heavy atom. The Hall–Kier alpha value is -0.630. The van der Waals surface area contributed by atoms with Gasteiger partial charge in [0.05, 0.1) is 6.04 Å². The van der Waals surface area contributed by atoms with E-state index in [0.717, 1.165) is 19.4 Å². The summed E-state index contributed by atoms with van der Waals surface area (Å²) < 4.78 is 0. The van der Waals surface area contributed by atoms with Gasteiger partial charge >= 0.3 is 0 Å². The lowest BCUT2D eigenvalue weighted by Gasteiger charge is -2.10. The molecule has 1 N–H and O–H groups in total. The highest BCUT2D eigenvalue weighted by molar-refractivity contribution is 5.72. The van der Waals surface area contributed by atoms with Crippen LogP contribution in [0.2, 0.25) is 0 Å². The van der Waals surface area contributed by atoms with Gasteiger partial charge in [-0.2, -0.15) is 0 Å². The van der Waals surface area contributed by atoms with E-state index in [9.17, 15) is 0 Å². The summed E-state index contributed by atoms with van der Waals surface area (Å²) in [4.78, 5) is 4.32. The number of nitrogens with one attached hydrogen (secondary N) is 1. The van der Waals surface area contributed by atoms with Crippen molar-refractivity contribution in [2.45, 2.75) is 18.9 Å². The molecule has 0 saturated carbocycles. The van der Waals surface area contributed by atoms with Gasteiger partial charge in [-0.25, -0.2) is 0 Å². The van der Waals surface area contributed by atoms with Crippen LogP contribution in [0, 0.1) is 0 Å². The molecule has 0 aromatic heterocycles. The highest BCUT2D eigenvalue weighted by Crippen LogP contribution is 2.06. The Bertz CT molecular complexity index is 138. The molecule has 0 bridgehead atoms. The Labute approximate surface area is 62.0 Å². The summed E-state index contributed by atoms with van der Waals surface area (Å²) in [6, 6.07) is 0.525. The van der Waals surface area contributed by atoms with Crippen LogP contribution >= 0.6 is 0 Å². The monoisotopic (exact) mass is 138 g/mol. The van der Waals surface area contributed by atoms with E-state index in [1.807, 2.05) is 19.3 Å². The lowest BCUT2D eigenvalue weighted by molar-refractivity contribution is 0.594. The average Bonchev–Trinajstić information content (AvgIpc) is 2.03. The van der Waals surface area contributed by atoms with Crippen LogP contribution in [0.4, 0.5) is 0 Å². The van der Waals surface area contributed by atoms with Crippen molar-refractivity contribution < 1.29 is 0 Å². The fourth-order valence-corrected chi connectivity index (χ4v) is 1.03. The maximum atomic E-state index is 4.32. The smallest absolute Gasteiger partial charge is 0.0546 e. The highest BCUT2D eigenvalue weighted by Gasteiger charge is 2.03. The zero-order chi connectivity index (χ0) is 7.23. The van der Waals surface area contributed by atoms with Gasteiger partial charge in [-0.1, -0.05) is 6.08 Å². The summed E-state index contributed by atoms with van der Waals surface area (Å²) >= 11 is 0. The largest absolute Gasteiger partial charge is 0.320 e. The van der Waals surface area contributed by atoms with E-state index in [1.165, 1.54) is 0 Å². The van der Waals surface area contributed by atoms with Gasteiger partial charge < -0.3 is 5.32 Å². The van der Waals surface area contributed by atoms with Crippen LogP contribution in [0.1, 0.15) is 12.8 Å². The van der Waals surface area contributed by atoms with Crippen molar-refractivity contribution in [3.63, 3.8) is 0 Å². The Morgan fingerprint density at radius 1 is 1.70 bits per heavy atom. The van der Waals surface area contributed by atoms with Crippen LogP contribution in [0.3, 0.4) is 0 Å². The third-order valence-electron chi connectivity index (χ3n) is 1.65. The summed E-state index contributed by atoms with van der Waals surface area (Å²) in [5, 5.41) is 3.12. The highest BCUT2D eigenvalue weighted by atomic mass is 14.8. The first-order chi connectivity index (χ1) is 4.93. The van der Waals surface area contributed by atoms with Crippen molar-refractivity contribution in [1.82, 2.24) is 5.32 Å². The Balaban J connectivity index is 2.17. The molecule has 0 radical (unpaired) electrons. The number of allylic oxidation sites excluding steroid dienone is 1. The van der Waals surface area contributed by atoms with Crippen molar-refractivity contribution in [3.8, 4) is 0 Å². The molecule has 0 aromatic rings. The molecule has 0 aliphatic carbocycles. The minimum atomic E-state index is 0.525. The van der Waals surface area contributed by atoms with E-state index in [-0.39, 0.29) is 0 Å². The zero-order valence-electron chi connectivity index (χ0n) is 6.38. The van der Waals surface area contributed by atoms with Gasteiger partial charge in [-0.05, 0) is 32.5 Å². The molecular formula is C8H14N2. The van der Waals surface area contributed by atoms with Gasteiger partial charge in [0, 0.05) is 6.21 Å². The summed E-state index contributed by atoms with van der Waals surface area (Å²) in [6.07, 6.45) is 8.34. The standard InChI is InChI=1S/C8H14N2/c1-9-7-5-8-4-2-3-6-10-8/h2-3,6,8-9H,4-5,7H2,1H3/t8-/m1/s1. The molecule has 1 aliphatic heterocycles. The van der Waals surface area contributed by atoms with Crippen molar-refractivity contribution in [1.29, 1.82) is 0 Å². The fraction of sp³-hybridized carbons (Fsp3) is 0.625. The molecule has 2 heteroatoms. The number of rotatable bonds is 3. The van der Waals surface area contributed by atoms with Crippen LogP contribution in [0.5, 0.6) is 0 Å². The Kier molecular flexibility index (Phi) is 3.16. The molecule has 1 heterocycles. The van der Waals surface area contributed by atoms with E-state index < -0.39 is 0 Å². The lowest BCUT2D eigenvalue weighted by atomic mass is 10.1. The molecule has 0 fully saturated rings. The number of aliphatic imine (C=N–C) groups is 1. The van der Waals surface area contributed by atoms with Gasteiger partial charge in [0.25, 0.3) is 0 Å². The molecule has 10 heavy (non-hydrogen) atoms. The summed E-state index contributed by atoms with van der Waals surface area (Å²) in [5.41, 5.74) is 0. The van der Waals surface area contributed by atoms with Crippen LogP contribution < -0.4 is 5.32 Å². The second kappa shape index (κ2) is 4.23. The van der Waals surface area contributed by atoms with E-state index in [2.05, 4.69) is 16.4 Å². The van der Waals surface area contributed by atoms with Crippen LogP contribution in [-0.4, -0.2) is 25.8 Å². The SMILES string of the molecule is CNCC[C@H]1CC=CC=N1. The molecule has 0 amide bonds. The Morgan fingerprint density at radius 3 is 3.20 bits per heavy atom. The third-order valence-corrected chi connectivity index (χ3v) is 1.65. The number of hydrogen-bond acceptors (Lipinski definition) is 2. The van der Waals surface area contributed by atoms with Crippen LogP contribution in [-0.2, 0) is 0 Å². The van der Waals surface area contributed by atoms with Gasteiger partial charge in [-0.15, -0.1) is 0 Å². The van der Waals surface area contributed by atoms with Gasteiger partial charge in [0.1, 0.15) is 0 Å². The fourth-order valence-electron chi connectivity index (χ4n) is 1.03. The molecular weight excluding hydrogens is 124 g/mol. The third kappa shape index (κ3) is 2.31. The van der Waals surface area contributed by atoms with Crippen molar-refractivity contribution in [2.24, 2.45) is 4.99 Å². The minimum Gasteiger partial charge on any atom is -0.320 e. The topological polar surface area (TPSA) is 24.4 Å². The first kappa shape index (κ1) is 7.48. The van der Waals surface area contributed by atoms with Crippen molar-refractivity contribution >= 4 is 6.21 Å².